The molecule has 0 bridgehead atoms. The van der Waals surface area contributed by atoms with E-state index in [9.17, 15) is 4.79 Å². The lowest BCUT2D eigenvalue weighted by Gasteiger charge is -2.23. The SMILES string of the molecule is CC(C)(C)n1c(N)nc2ccccc2c1=O. The third-order valence-electron chi connectivity index (χ3n) is 2.47. The van der Waals surface area contributed by atoms with Crippen molar-refractivity contribution < 1.29 is 0 Å². The van der Waals surface area contributed by atoms with Gasteiger partial charge in [0.2, 0.25) is 5.95 Å². The molecule has 16 heavy (non-hydrogen) atoms. The lowest BCUT2D eigenvalue weighted by atomic mass is 10.1. The van der Waals surface area contributed by atoms with Gasteiger partial charge in [-0.05, 0) is 32.9 Å². The topological polar surface area (TPSA) is 60.9 Å². The lowest BCUT2D eigenvalue weighted by molar-refractivity contribution is 0.389. The largest absolute Gasteiger partial charge is 0.369 e. The Morgan fingerprint density at radius 1 is 1.25 bits per heavy atom. The number of nitrogens with two attached hydrogens (primary N) is 1. The minimum absolute atomic E-state index is 0.0874. The van der Waals surface area contributed by atoms with Gasteiger partial charge >= 0.3 is 0 Å². The van der Waals surface area contributed by atoms with E-state index in [4.69, 9.17) is 5.73 Å². The summed E-state index contributed by atoms with van der Waals surface area (Å²) >= 11 is 0. The maximum Gasteiger partial charge on any atom is 0.263 e. The molecule has 0 unspecified atom stereocenters. The predicted molar refractivity (Wildman–Crippen MR) is 65.4 cm³/mol. The zero-order chi connectivity index (χ0) is 11.9. The Labute approximate surface area is 93.7 Å². The number of fused-ring (bicyclic) bond motifs is 1. The fraction of sp³-hybridized carbons (Fsp3) is 0.333. The summed E-state index contributed by atoms with van der Waals surface area (Å²) in [4.78, 5) is 16.5. The first-order valence-electron chi connectivity index (χ1n) is 5.19. The van der Waals surface area contributed by atoms with Crippen LogP contribution in [0, 0.1) is 0 Å². The highest BCUT2D eigenvalue weighted by molar-refractivity contribution is 5.78. The van der Waals surface area contributed by atoms with Gasteiger partial charge in [-0.15, -0.1) is 0 Å². The average Bonchev–Trinajstić information content (AvgIpc) is 2.15. The van der Waals surface area contributed by atoms with Gasteiger partial charge in [-0.2, -0.15) is 0 Å². The van der Waals surface area contributed by atoms with E-state index in [1.807, 2.05) is 32.9 Å². The second-order valence-corrected chi connectivity index (χ2v) is 4.80. The lowest BCUT2D eigenvalue weighted by Crippen LogP contribution is -2.36. The fourth-order valence-electron chi connectivity index (χ4n) is 1.80. The van der Waals surface area contributed by atoms with Crippen molar-refractivity contribution in [2.45, 2.75) is 26.3 Å². The van der Waals surface area contributed by atoms with Crippen LogP contribution in [0.5, 0.6) is 0 Å². The smallest absolute Gasteiger partial charge is 0.263 e. The Morgan fingerprint density at radius 2 is 1.88 bits per heavy atom. The number of para-hydroxylation sites is 1. The van der Waals surface area contributed by atoms with Crippen LogP contribution in [0.1, 0.15) is 20.8 Å². The predicted octanol–water partition coefficient (Wildman–Crippen LogP) is 1.73. The number of aromatic nitrogens is 2. The van der Waals surface area contributed by atoms with E-state index < -0.39 is 0 Å². The van der Waals surface area contributed by atoms with E-state index in [2.05, 4.69) is 4.98 Å². The van der Waals surface area contributed by atoms with Crippen molar-refractivity contribution in [3.8, 4) is 0 Å². The molecule has 0 aliphatic carbocycles. The third-order valence-corrected chi connectivity index (χ3v) is 2.47. The summed E-state index contributed by atoms with van der Waals surface area (Å²) in [7, 11) is 0. The second-order valence-electron chi connectivity index (χ2n) is 4.80. The first kappa shape index (κ1) is 10.7. The van der Waals surface area contributed by atoms with Crippen LogP contribution in [-0.4, -0.2) is 9.55 Å². The molecule has 0 aliphatic rings. The molecular weight excluding hydrogens is 202 g/mol. The van der Waals surface area contributed by atoms with Crippen LogP contribution in [0.25, 0.3) is 10.9 Å². The zero-order valence-electron chi connectivity index (χ0n) is 9.69. The minimum atomic E-state index is -0.363. The molecule has 1 heterocycles. The summed E-state index contributed by atoms with van der Waals surface area (Å²) in [5.41, 5.74) is 6.02. The quantitative estimate of drug-likeness (QED) is 0.731. The first-order chi connectivity index (χ1) is 7.41. The molecule has 1 aromatic carbocycles. The van der Waals surface area contributed by atoms with Crippen LogP contribution in [0.4, 0.5) is 5.95 Å². The van der Waals surface area contributed by atoms with E-state index in [0.29, 0.717) is 10.9 Å². The number of hydrogen-bond acceptors (Lipinski definition) is 3. The number of anilines is 1. The number of hydrogen-bond donors (Lipinski definition) is 1. The van der Waals surface area contributed by atoms with Crippen LogP contribution in [0.3, 0.4) is 0 Å². The van der Waals surface area contributed by atoms with Gasteiger partial charge in [0.15, 0.2) is 0 Å². The average molecular weight is 217 g/mol. The van der Waals surface area contributed by atoms with Gasteiger partial charge in [0.05, 0.1) is 10.9 Å². The summed E-state index contributed by atoms with van der Waals surface area (Å²) < 4.78 is 1.52. The normalized spacial score (nSPS) is 11.9. The molecule has 1 aromatic heterocycles. The molecule has 0 spiro atoms. The molecule has 0 radical (unpaired) electrons. The molecule has 0 fully saturated rings. The molecule has 2 aromatic rings. The zero-order valence-corrected chi connectivity index (χ0v) is 9.69. The minimum Gasteiger partial charge on any atom is -0.369 e. The van der Waals surface area contributed by atoms with Crippen LogP contribution >= 0.6 is 0 Å². The van der Waals surface area contributed by atoms with Crippen LogP contribution in [0.15, 0.2) is 29.1 Å². The highest BCUT2D eigenvalue weighted by Gasteiger charge is 2.19. The highest BCUT2D eigenvalue weighted by atomic mass is 16.1. The van der Waals surface area contributed by atoms with Gasteiger partial charge in [0, 0.05) is 5.54 Å². The van der Waals surface area contributed by atoms with Crippen molar-refractivity contribution >= 4 is 16.9 Å². The van der Waals surface area contributed by atoms with E-state index in [-0.39, 0.29) is 17.0 Å². The van der Waals surface area contributed by atoms with Gasteiger partial charge in [0.25, 0.3) is 5.56 Å². The van der Waals surface area contributed by atoms with Gasteiger partial charge in [-0.1, -0.05) is 12.1 Å². The van der Waals surface area contributed by atoms with Gasteiger partial charge in [-0.3, -0.25) is 9.36 Å². The number of nitrogen functional groups attached to an aromatic ring is 1. The molecule has 84 valence electrons. The molecule has 0 saturated carbocycles. The Bertz CT molecular complexity index is 593. The van der Waals surface area contributed by atoms with Crippen LogP contribution in [-0.2, 0) is 5.54 Å². The maximum atomic E-state index is 12.2. The van der Waals surface area contributed by atoms with Crippen LogP contribution < -0.4 is 11.3 Å². The van der Waals surface area contributed by atoms with Crippen molar-refractivity contribution in [1.29, 1.82) is 0 Å². The van der Waals surface area contributed by atoms with E-state index >= 15 is 0 Å². The molecule has 0 saturated heterocycles. The van der Waals surface area contributed by atoms with Crippen molar-refractivity contribution in [3.63, 3.8) is 0 Å². The summed E-state index contributed by atoms with van der Waals surface area (Å²) in [6.07, 6.45) is 0. The van der Waals surface area contributed by atoms with Gasteiger partial charge < -0.3 is 5.73 Å². The van der Waals surface area contributed by atoms with Crippen molar-refractivity contribution in [1.82, 2.24) is 9.55 Å². The van der Waals surface area contributed by atoms with E-state index in [0.717, 1.165) is 0 Å². The van der Waals surface area contributed by atoms with Crippen LogP contribution in [0.2, 0.25) is 0 Å². The Hall–Kier alpha value is -1.84. The highest BCUT2D eigenvalue weighted by Crippen LogP contribution is 2.17. The molecule has 0 amide bonds. The second kappa shape index (κ2) is 3.33. The first-order valence-corrected chi connectivity index (χ1v) is 5.19. The summed E-state index contributed by atoms with van der Waals surface area (Å²) in [5.74, 6) is 0.260. The van der Waals surface area contributed by atoms with Gasteiger partial charge in [0.1, 0.15) is 0 Å². The maximum absolute atomic E-state index is 12.2. The molecule has 0 atom stereocenters. The molecular formula is C12H15N3O. The Morgan fingerprint density at radius 3 is 2.50 bits per heavy atom. The number of nitrogens with zero attached hydrogens (tertiary/aromatic N) is 2. The van der Waals surface area contributed by atoms with Crippen molar-refractivity contribution in [2.24, 2.45) is 0 Å². The molecule has 0 aliphatic heterocycles. The summed E-state index contributed by atoms with van der Waals surface area (Å²) in [6, 6.07) is 7.23. The monoisotopic (exact) mass is 217 g/mol. The Balaban J connectivity index is 2.92. The standard InChI is InChI=1S/C12H15N3O/c1-12(2,3)15-10(16)8-6-4-5-7-9(8)14-11(15)13/h4-7H,1-3H3,(H2,13,14). The number of rotatable bonds is 0. The Kier molecular flexibility index (Phi) is 2.22. The van der Waals surface area contributed by atoms with Crippen molar-refractivity contribution in [2.75, 3.05) is 5.73 Å². The number of benzene rings is 1. The molecule has 4 nitrogen and oxygen atoms in total. The third kappa shape index (κ3) is 1.56. The molecule has 4 heteroatoms. The van der Waals surface area contributed by atoms with E-state index in [1.165, 1.54) is 4.57 Å². The van der Waals surface area contributed by atoms with Gasteiger partial charge in [-0.25, -0.2) is 4.98 Å². The fourth-order valence-corrected chi connectivity index (χ4v) is 1.80. The van der Waals surface area contributed by atoms with Crippen molar-refractivity contribution in [3.05, 3.63) is 34.6 Å². The van der Waals surface area contributed by atoms with E-state index in [1.54, 1.807) is 12.1 Å². The summed E-state index contributed by atoms with van der Waals surface area (Å²) in [6.45, 7) is 5.80. The molecule has 2 N–H and O–H groups in total. The molecule has 2 rings (SSSR count). The summed E-state index contributed by atoms with van der Waals surface area (Å²) in [5, 5.41) is 0.603.